The molecule has 0 bridgehead atoms. The fraction of sp³-hybridized carbons (Fsp3) is 0.455. The molecule has 2 saturated carbocycles. The van der Waals surface area contributed by atoms with E-state index in [0.29, 0.717) is 35.8 Å². The normalized spacial score (nSPS) is 29.0. The minimum absolute atomic E-state index is 0.167. The van der Waals surface area contributed by atoms with Gasteiger partial charge in [-0.15, -0.1) is 0 Å². The molecule has 1 aromatic carbocycles. The van der Waals surface area contributed by atoms with Crippen molar-refractivity contribution < 1.29 is 15.0 Å². The van der Waals surface area contributed by atoms with Crippen LogP contribution in [0.5, 0.6) is 0 Å². The molecule has 0 saturated heterocycles. The van der Waals surface area contributed by atoms with Crippen molar-refractivity contribution in [2.75, 3.05) is 18.9 Å². The Kier molecular flexibility index (Phi) is 4.67. The molecule has 2 heterocycles. The van der Waals surface area contributed by atoms with E-state index in [0.717, 1.165) is 6.42 Å². The van der Waals surface area contributed by atoms with Crippen LogP contribution in [0.1, 0.15) is 23.9 Å². The third kappa shape index (κ3) is 2.99. The molecule has 5 atom stereocenters. The summed E-state index contributed by atoms with van der Waals surface area (Å²) in [4.78, 5) is 26.0. The van der Waals surface area contributed by atoms with Gasteiger partial charge in [-0.05, 0) is 25.3 Å². The largest absolute Gasteiger partial charge is 0.389 e. The molecule has 2 unspecified atom stereocenters. The number of imidazole rings is 1. The van der Waals surface area contributed by atoms with E-state index >= 15 is 0 Å². The number of aryl methyl sites for hydroxylation is 1. The third-order valence-electron chi connectivity index (χ3n) is 6.73. The van der Waals surface area contributed by atoms with Gasteiger partial charge >= 0.3 is 0 Å². The van der Waals surface area contributed by atoms with Crippen LogP contribution in [0.4, 0.5) is 5.82 Å². The highest BCUT2D eigenvalue weighted by Gasteiger charge is 2.75. The zero-order valence-corrected chi connectivity index (χ0v) is 17.5. The van der Waals surface area contributed by atoms with Crippen molar-refractivity contribution in [3.05, 3.63) is 48.0 Å². The van der Waals surface area contributed by atoms with Crippen LogP contribution in [-0.2, 0) is 11.2 Å². The van der Waals surface area contributed by atoms with Gasteiger partial charge < -0.3 is 25.4 Å². The molecule has 162 valence electrons. The van der Waals surface area contributed by atoms with E-state index in [1.54, 1.807) is 17.9 Å². The first-order chi connectivity index (χ1) is 15.0. The quantitative estimate of drug-likeness (QED) is 0.463. The van der Waals surface area contributed by atoms with E-state index in [-0.39, 0.29) is 11.8 Å². The standard InChI is InChI=1S/C22H26N6O3/c1-12-26-19(24-9-8-13-6-4-3-5-7-13)15-20(27-12)28(11-25-15)16-14-10-22(14,21(31)23-2)18(30)17(16)29/h3-7,11,14,16-18,29-30H,8-10H2,1-2H3,(H,23,31)(H,24,26,27)/t14?,16-,17+,18+,22?/m1/s1. The van der Waals surface area contributed by atoms with Crippen LogP contribution in [0.3, 0.4) is 0 Å². The number of aliphatic hydroxyl groups excluding tert-OH is 2. The minimum Gasteiger partial charge on any atom is -0.389 e. The summed E-state index contributed by atoms with van der Waals surface area (Å²) >= 11 is 0. The predicted molar refractivity (Wildman–Crippen MR) is 114 cm³/mol. The number of fused-ring (bicyclic) bond motifs is 2. The van der Waals surface area contributed by atoms with Gasteiger partial charge in [-0.2, -0.15) is 0 Å². The number of carbonyl (C=O) groups excluding carboxylic acids is 1. The fourth-order valence-corrected chi connectivity index (χ4v) is 5.12. The van der Waals surface area contributed by atoms with Crippen LogP contribution in [0.25, 0.3) is 11.2 Å². The maximum atomic E-state index is 12.4. The molecule has 1 amide bonds. The fourth-order valence-electron chi connectivity index (χ4n) is 5.12. The Morgan fingerprint density at radius 3 is 2.77 bits per heavy atom. The van der Waals surface area contributed by atoms with Gasteiger partial charge in [-0.3, -0.25) is 4.79 Å². The van der Waals surface area contributed by atoms with Crippen molar-refractivity contribution in [3.63, 3.8) is 0 Å². The van der Waals surface area contributed by atoms with Gasteiger partial charge in [0, 0.05) is 19.5 Å². The van der Waals surface area contributed by atoms with Gasteiger partial charge in [-0.25, -0.2) is 15.0 Å². The van der Waals surface area contributed by atoms with Gasteiger partial charge in [-0.1, -0.05) is 30.3 Å². The number of benzene rings is 1. The maximum absolute atomic E-state index is 12.4. The molecule has 2 aromatic heterocycles. The average molecular weight is 422 g/mol. The Morgan fingerprint density at radius 2 is 2.03 bits per heavy atom. The first-order valence-corrected chi connectivity index (χ1v) is 10.5. The predicted octanol–water partition coefficient (Wildman–Crippen LogP) is 0.818. The second kappa shape index (κ2) is 7.28. The van der Waals surface area contributed by atoms with Crippen molar-refractivity contribution >= 4 is 22.9 Å². The highest BCUT2D eigenvalue weighted by molar-refractivity contribution is 5.88. The molecule has 4 N–H and O–H groups in total. The number of nitrogens with zero attached hydrogens (tertiary/aromatic N) is 4. The summed E-state index contributed by atoms with van der Waals surface area (Å²) in [6.07, 6.45) is 0.808. The van der Waals surface area contributed by atoms with Crippen molar-refractivity contribution in [3.8, 4) is 0 Å². The molecule has 3 aromatic rings. The molecule has 31 heavy (non-hydrogen) atoms. The Bertz CT molecular complexity index is 1130. The minimum atomic E-state index is -1.12. The van der Waals surface area contributed by atoms with Crippen LogP contribution < -0.4 is 10.6 Å². The molecule has 0 aliphatic heterocycles. The van der Waals surface area contributed by atoms with Gasteiger partial charge in [0.15, 0.2) is 11.5 Å². The Hall–Kier alpha value is -3.04. The van der Waals surface area contributed by atoms with Gasteiger partial charge in [0.2, 0.25) is 5.91 Å². The van der Waals surface area contributed by atoms with Crippen molar-refractivity contribution in [1.29, 1.82) is 0 Å². The number of anilines is 1. The molecule has 0 spiro atoms. The summed E-state index contributed by atoms with van der Waals surface area (Å²) in [5, 5.41) is 27.4. The molecule has 2 aliphatic rings. The SMILES string of the molecule is CNC(=O)C12CC1[C@@H](n1cnc3c(NCCc4ccccc4)nc(C)nc31)[C@H](O)[C@@H]2O. The number of nitrogens with one attached hydrogen (secondary N) is 2. The number of hydrogen-bond acceptors (Lipinski definition) is 7. The first-order valence-electron chi connectivity index (χ1n) is 10.5. The van der Waals surface area contributed by atoms with Crippen molar-refractivity contribution in [2.45, 2.75) is 38.0 Å². The summed E-state index contributed by atoms with van der Waals surface area (Å²) in [5.41, 5.74) is 1.49. The van der Waals surface area contributed by atoms with E-state index in [1.165, 1.54) is 5.56 Å². The highest BCUT2D eigenvalue weighted by Crippen LogP contribution is 2.67. The second-order valence-electron chi connectivity index (χ2n) is 8.46. The molecular weight excluding hydrogens is 396 g/mol. The zero-order valence-electron chi connectivity index (χ0n) is 17.5. The number of aliphatic hydroxyl groups is 2. The Morgan fingerprint density at radius 1 is 1.26 bits per heavy atom. The molecule has 5 rings (SSSR count). The lowest BCUT2D eigenvalue weighted by atomic mass is 9.98. The number of rotatable bonds is 6. The summed E-state index contributed by atoms with van der Waals surface area (Å²) in [5.74, 6) is 0.820. The van der Waals surface area contributed by atoms with Crippen molar-refractivity contribution in [1.82, 2.24) is 24.8 Å². The van der Waals surface area contributed by atoms with E-state index in [9.17, 15) is 15.0 Å². The van der Waals surface area contributed by atoms with Crippen LogP contribution in [0.15, 0.2) is 36.7 Å². The average Bonchev–Trinajstić information content (AvgIpc) is 3.31. The van der Waals surface area contributed by atoms with Crippen LogP contribution in [-0.4, -0.2) is 61.4 Å². The summed E-state index contributed by atoms with van der Waals surface area (Å²) in [7, 11) is 1.55. The number of carbonyl (C=O) groups is 1. The third-order valence-corrected chi connectivity index (χ3v) is 6.73. The van der Waals surface area contributed by atoms with E-state index in [4.69, 9.17) is 0 Å². The van der Waals surface area contributed by atoms with Crippen LogP contribution >= 0.6 is 0 Å². The van der Waals surface area contributed by atoms with Gasteiger partial charge in [0.1, 0.15) is 17.4 Å². The maximum Gasteiger partial charge on any atom is 0.229 e. The number of aromatic nitrogens is 4. The van der Waals surface area contributed by atoms with E-state index in [1.807, 2.05) is 25.1 Å². The van der Waals surface area contributed by atoms with Crippen molar-refractivity contribution in [2.24, 2.45) is 11.3 Å². The molecule has 9 nitrogen and oxygen atoms in total. The number of hydrogen-bond donors (Lipinski definition) is 4. The molecule has 9 heteroatoms. The lowest BCUT2D eigenvalue weighted by molar-refractivity contribution is -0.132. The molecule has 2 aliphatic carbocycles. The monoisotopic (exact) mass is 422 g/mol. The summed E-state index contributed by atoms with van der Waals surface area (Å²) < 4.78 is 1.79. The number of amides is 1. The Labute approximate surface area is 179 Å². The molecular formula is C22H26N6O3. The smallest absolute Gasteiger partial charge is 0.229 e. The van der Waals surface area contributed by atoms with Crippen LogP contribution in [0.2, 0.25) is 0 Å². The summed E-state index contributed by atoms with van der Waals surface area (Å²) in [6.45, 7) is 2.50. The topological polar surface area (TPSA) is 125 Å². The van der Waals surface area contributed by atoms with Gasteiger partial charge in [0.25, 0.3) is 0 Å². The zero-order chi connectivity index (χ0) is 21.8. The molecule has 0 radical (unpaired) electrons. The summed E-state index contributed by atoms with van der Waals surface area (Å²) in [6, 6.07) is 9.72. The highest BCUT2D eigenvalue weighted by atomic mass is 16.3. The second-order valence-corrected chi connectivity index (χ2v) is 8.46. The van der Waals surface area contributed by atoms with Gasteiger partial charge in [0.05, 0.1) is 23.9 Å². The van der Waals surface area contributed by atoms with E-state index in [2.05, 4.69) is 37.7 Å². The first kappa shape index (κ1) is 19.9. The lowest BCUT2D eigenvalue weighted by Crippen LogP contribution is -2.41. The lowest BCUT2D eigenvalue weighted by Gasteiger charge is -2.23. The van der Waals surface area contributed by atoms with E-state index < -0.39 is 23.7 Å². The van der Waals surface area contributed by atoms with Crippen LogP contribution in [0, 0.1) is 18.3 Å². The molecule has 2 fully saturated rings. The Balaban J connectivity index is 1.43.